The molecule has 2 aromatic heterocycles. The van der Waals surface area contributed by atoms with Crippen LogP contribution < -0.4 is 16.5 Å². The smallest absolute Gasteiger partial charge is 0.261 e. The number of alkyl halides is 1. The summed E-state index contributed by atoms with van der Waals surface area (Å²) in [5.41, 5.74) is 12.3. The molecule has 0 saturated heterocycles. The molecule has 18 nitrogen and oxygen atoms in total. The summed E-state index contributed by atoms with van der Waals surface area (Å²) in [7, 11) is -1.00. The first kappa shape index (κ1) is 56.5. The minimum Gasteiger partial charge on any atom is -0.387 e. The van der Waals surface area contributed by atoms with Gasteiger partial charge in [-0.25, -0.2) is 4.99 Å². The van der Waals surface area contributed by atoms with Gasteiger partial charge in [-0.3, -0.25) is 43.9 Å². The Bertz CT molecular complexity index is 2770. The second kappa shape index (κ2) is 24.4. The van der Waals surface area contributed by atoms with Crippen molar-refractivity contribution in [3.05, 3.63) is 126 Å². The van der Waals surface area contributed by atoms with Crippen molar-refractivity contribution in [2.75, 3.05) is 31.0 Å². The molecule has 0 saturated carbocycles. The molecule has 3 atom stereocenters. The van der Waals surface area contributed by atoms with Gasteiger partial charge < -0.3 is 11.1 Å². The Kier molecular flexibility index (Phi) is 19.1. The van der Waals surface area contributed by atoms with E-state index in [-0.39, 0.29) is 72.3 Å². The molecule has 0 fully saturated rings. The molecule has 3 aliphatic heterocycles. The second-order valence-corrected chi connectivity index (χ2v) is 22.6. The van der Waals surface area contributed by atoms with Crippen molar-refractivity contribution < 1.29 is 40.7 Å². The molecule has 5 heterocycles. The number of H-pyrrole nitrogens is 1. The first-order valence-electron chi connectivity index (χ1n) is 22.8. The number of carbonyl (C=O) groups is 6. The van der Waals surface area contributed by atoms with Crippen LogP contribution in [0.3, 0.4) is 0 Å². The van der Waals surface area contributed by atoms with Crippen molar-refractivity contribution in [2.24, 2.45) is 22.6 Å². The number of hydrogen-bond acceptors (Lipinski definition) is 13. The molecule has 0 aliphatic carbocycles. The van der Waals surface area contributed by atoms with Crippen LogP contribution in [0.25, 0.3) is 0 Å². The van der Waals surface area contributed by atoms with Gasteiger partial charge in [0.05, 0.1) is 42.2 Å². The van der Waals surface area contributed by atoms with Crippen LogP contribution >= 0.6 is 43.9 Å². The quantitative estimate of drug-likeness (QED) is 0.0442. The number of nitrogens with two attached hydrogens (primary N) is 1. The van der Waals surface area contributed by atoms with Crippen LogP contribution in [0.5, 0.6) is 0 Å². The number of nitrogens with one attached hydrogen (secondary N) is 3. The molecular formula is C50H62Cl2FIN10O8. The molecule has 5 N–H and O–H groups in total. The van der Waals surface area contributed by atoms with Gasteiger partial charge in [-0.2, -0.15) is 15.0 Å². The number of halogens is 4. The normalized spacial score (nSPS) is 15.8. The molecule has 0 spiro atoms. The number of hydrogen-bond donors (Lipinski definition) is 4. The summed E-state index contributed by atoms with van der Waals surface area (Å²) in [4.78, 5) is 80.2. The monoisotopic (exact) mass is 1150 g/mol. The summed E-state index contributed by atoms with van der Waals surface area (Å²) >= 11 is 10.3. The van der Waals surface area contributed by atoms with E-state index in [1.165, 1.54) is 23.6 Å². The molecule has 22 heteroatoms. The molecule has 8 rings (SSSR count). The van der Waals surface area contributed by atoms with Crippen LogP contribution in [0, 0.1) is 15.4 Å². The molecule has 3 aromatic carbocycles. The molecule has 5 aromatic rings. The standard InChI is InChI=1S/2C19H22ClN5O2.C10H11IO4.CH3F.CH4/c1-10(9-24-17(26)11-7-5-6-8-12(11)18(24)27)15-21-16-13(20)14(19(2,3)4)22-25(16)23-15;1-10(9-25-17(26)11-7-5-6-8-12(11)18(25)27)15(21)22-16-13(20)14(23-24-16)19(2,3)4;1-8(12)14-11(15-9(2)13)10-6-4-3-5-7-10;1-2;/h5-8,10,15,21,23H,9H2,1-4H3;5-8,10H,9H2,1-4H3,(H3,21,22,23,24);3-7H,1-2H3;1H3;1H4/i;;;1D;. The topological polar surface area (TPSA) is 236 Å². The number of amides is 4. The Labute approximate surface area is 438 Å². The van der Waals surface area contributed by atoms with Gasteiger partial charge in [0.2, 0.25) is 0 Å². The van der Waals surface area contributed by atoms with Crippen molar-refractivity contribution in [2.45, 2.75) is 93.7 Å². The molecule has 4 amide bonds. The van der Waals surface area contributed by atoms with Crippen LogP contribution in [0.15, 0.2) is 83.9 Å². The van der Waals surface area contributed by atoms with Crippen molar-refractivity contribution in [1.82, 2.24) is 29.9 Å². The number of rotatable bonds is 10. The predicted octanol–water partition coefficient (Wildman–Crippen LogP) is 9.88. The number of aromatic nitrogens is 4. The average molecular weight is 1150 g/mol. The summed E-state index contributed by atoms with van der Waals surface area (Å²) < 4.78 is 26.3. The third kappa shape index (κ3) is 13.4. The minimum atomic E-state index is -2.59. The zero-order chi connectivity index (χ0) is 53.4. The van der Waals surface area contributed by atoms with Crippen LogP contribution in [0.2, 0.25) is 10.0 Å². The largest absolute Gasteiger partial charge is 0.387 e. The first-order valence-corrected chi connectivity index (χ1v) is 25.7. The number of fused-ring (bicyclic) bond motifs is 3. The summed E-state index contributed by atoms with van der Waals surface area (Å²) in [6, 6.07) is 22.7. The second-order valence-electron chi connectivity index (χ2n) is 18.5. The van der Waals surface area contributed by atoms with Gasteiger partial charge in [-0.1, -0.05) is 110 Å². The average Bonchev–Trinajstić information content (AvgIpc) is 4.11. The maximum absolute atomic E-state index is 12.6. The van der Waals surface area contributed by atoms with E-state index in [4.69, 9.17) is 36.4 Å². The van der Waals surface area contributed by atoms with Crippen molar-refractivity contribution in [3.8, 4) is 0 Å². The fourth-order valence-electron chi connectivity index (χ4n) is 7.19. The number of anilines is 1. The van der Waals surface area contributed by atoms with Crippen LogP contribution in [0.1, 0.15) is 131 Å². The predicted molar refractivity (Wildman–Crippen MR) is 285 cm³/mol. The molecule has 0 radical (unpaired) electrons. The van der Waals surface area contributed by atoms with Crippen LogP contribution in [0.4, 0.5) is 16.0 Å². The molecule has 72 heavy (non-hydrogen) atoms. The third-order valence-corrected chi connectivity index (χ3v) is 15.3. The zero-order valence-corrected chi connectivity index (χ0v) is 44.6. The fourth-order valence-corrected chi connectivity index (χ4v) is 10.8. The van der Waals surface area contributed by atoms with Gasteiger partial charge in [-0.05, 0) is 24.3 Å². The fraction of sp³-hybridized carbons (Fsp3) is 0.380. The molecular weight excluding hydrogens is 1090 g/mol. The number of carbonyl (C=O) groups excluding carboxylic acids is 6. The van der Waals surface area contributed by atoms with Crippen molar-refractivity contribution in [3.63, 3.8) is 0 Å². The van der Waals surface area contributed by atoms with E-state index in [0.717, 1.165) is 15.0 Å². The minimum absolute atomic E-state index is 0. The molecule has 3 aliphatic rings. The van der Waals surface area contributed by atoms with E-state index >= 15 is 0 Å². The number of aromatic amines is 1. The van der Waals surface area contributed by atoms with E-state index in [0.29, 0.717) is 50.5 Å². The Balaban J connectivity index is 0.000000239. The van der Waals surface area contributed by atoms with Crippen molar-refractivity contribution in [1.29, 1.82) is 0 Å². The number of aliphatic imine (C=N–C) groups is 1. The van der Waals surface area contributed by atoms with E-state index in [1.54, 1.807) is 72.4 Å². The van der Waals surface area contributed by atoms with Crippen LogP contribution in [-0.2, 0) is 26.6 Å². The summed E-state index contributed by atoms with van der Waals surface area (Å²) in [5, 5.41) is 15.9. The third-order valence-electron chi connectivity index (χ3n) is 10.8. The summed E-state index contributed by atoms with van der Waals surface area (Å²) in [6.07, 6.45) is -0.191. The number of benzene rings is 3. The Morgan fingerprint density at radius 3 is 1.64 bits per heavy atom. The van der Waals surface area contributed by atoms with Gasteiger partial charge in [-0.15, -0.1) is 0 Å². The molecule has 388 valence electrons. The van der Waals surface area contributed by atoms with Gasteiger partial charge in [0, 0.05) is 35.8 Å². The zero-order valence-electron chi connectivity index (χ0n) is 41.9. The maximum Gasteiger partial charge on any atom is 0.261 e. The number of imide groups is 2. The Hall–Kier alpha value is -6.39. The van der Waals surface area contributed by atoms with E-state index in [9.17, 15) is 33.2 Å². The SMILES string of the molecule is C.CC(=O)OI(OC(C)=O)c1ccccc1.CC(CN1C(=O)c2ccccc2C1=O)C(N)=Nc1n[nH]c(C(C)(C)C)c1Cl.CC(CN1C(=O)c2ccccc2C1=O)C1Nc2c(Cl)c(C(C)(C)C)nn2N1.[2H]CF. The maximum atomic E-state index is 12.6. The molecule has 0 bridgehead atoms. The van der Waals surface area contributed by atoms with Gasteiger partial charge >= 0.3 is 96.1 Å². The van der Waals surface area contributed by atoms with Gasteiger partial charge in [0.1, 0.15) is 22.0 Å². The number of nitrogens with zero attached hydrogens (tertiary/aromatic N) is 6. The van der Waals surface area contributed by atoms with Crippen LogP contribution in [-0.4, -0.2) is 97.7 Å². The van der Waals surface area contributed by atoms with Gasteiger partial charge in [0.15, 0.2) is 11.6 Å². The van der Waals surface area contributed by atoms with E-state index < -0.39 is 39.7 Å². The summed E-state index contributed by atoms with van der Waals surface area (Å²) in [6.45, 7) is 19.0. The first-order chi connectivity index (χ1) is 33.8. The number of amidine groups is 1. The molecule has 3 unspecified atom stereocenters. The summed E-state index contributed by atoms with van der Waals surface area (Å²) in [5.74, 6) is -1.12. The van der Waals surface area contributed by atoms with Crippen molar-refractivity contribution >= 4 is 96.9 Å². The Morgan fingerprint density at radius 2 is 1.24 bits per heavy atom. The van der Waals surface area contributed by atoms with E-state index in [1.807, 2.05) is 45.9 Å². The van der Waals surface area contributed by atoms with Gasteiger partial charge in [0.25, 0.3) is 23.6 Å². The Morgan fingerprint density at radius 1 is 0.792 bits per heavy atom. The van der Waals surface area contributed by atoms with E-state index in [2.05, 4.69) is 51.8 Å².